The van der Waals surface area contributed by atoms with Crippen molar-refractivity contribution in [1.29, 1.82) is 0 Å². The zero-order chi connectivity index (χ0) is 21.3. The maximum atomic E-state index is 13.1. The van der Waals surface area contributed by atoms with Crippen molar-refractivity contribution < 1.29 is 14.0 Å². The molecule has 4 rings (SSSR count). The van der Waals surface area contributed by atoms with Crippen LogP contribution in [-0.2, 0) is 4.79 Å². The monoisotopic (exact) mass is 446 g/mol. The molecule has 2 fully saturated rings. The van der Waals surface area contributed by atoms with Gasteiger partial charge in [-0.1, -0.05) is 29.3 Å². The molecule has 0 N–H and O–H groups in total. The number of piperidine rings is 1. The fraction of sp³-hybridized carbons (Fsp3) is 0.304. The lowest BCUT2D eigenvalue weighted by Gasteiger charge is -2.53. The molecule has 0 aliphatic carbocycles. The van der Waals surface area contributed by atoms with Crippen molar-refractivity contribution in [1.82, 2.24) is 9.80 Å². The van der Waals surface area contributed by atoms with Crippen molar-refractivity contribution >= 4 is 41.1 Å². The van der Waals surface area contributed by atoms with Gasteiger partial charge in [0.1, 0.15) is 5.82 Å². The smallest absolute Gasteiger partial charge is 0.253 e. The molecule has 2 aliphatic heterocycles. The predicted molar refractivity (Wildman–Crippen MR) is 116 cm³/mol. The van der Waals surface area contributed by atoms with Crippen molar-refractivity contribution in [3.63, 3.8) is 0 Å². The van der Waals surface area contributed by atoms with Gasteiger partial charge < -0.3 is 9.80 Å². The normalized spacial score (nSPS) is 18.0. The van der Waals surface area contributed by atoms with Crippen LogP contribution < -0.4 is 0 Å². The van der Waals surface area contributed by atoms with Gasteiger partial charge in [-0.2, -0.15) is 0 Å². The predicted octanol–water partition coefficient (Wildman–Crippen LogP) is 4.91. The molecule has 0 aromatic heterocycles. The van der Waals surface area contributed by atoms with E-state index in [1.165, 1.54) is 24.3 Å². The zero-order valence-corrected chi connectivity index (χ0v) is 17.8. The molecule has 0 bridgehead atoms. The van der Waals surface area contributed by atoms with Crippen LogP contribution in [0, 0.1) is 11.2 Å². The summed E-state index contributed by atoms with van der Waals surface area (Å²) >= 11 is 11.9. The summed E-state index contributed by atoms with van der Waals surface area (Å²) in [6.07, 6.45) is 5.01. The van der Waals surface area contributed by atoms with E-state index in [0.717, 1.165) is 18.4 Å². The summed E-state index contributed by atoms with van der Waals surface area (Å²) in [5.41, 5.74) is 1.41. The van der Waals surface area contributed by atoms with E-state index in [9.17, 15) is 14.0 Å². The average molecular weight is 447 g/mol. The topological polar surface area (TPSA) is 40.6 Å². The van der Waals surface area contributed by atoms with E-state index in [1.54, 1.807) is 24.3 Å². The number of carbonyl (C=O) groups is 2. The minimum Gasteiger partial charge on any atom is -0.339 e. The Morgan fingerprint density at radius 3 is 2.23 bits per heavy atom. The van der Waals surface area contributed by atoms with Crippen molar-refractivity contribution in [2.75, 3.05) is 26.2 Å². The largest absolute Gasteiger partial charge is 0.339 e. The van der Waals surface area contributed by atoms with Gasteiger partial charge in [0.25, 0.3) is 5.91 Å². The Morgan fingerprint density at radius 1 is 0.933 bits per heavy atom. The molecule has 0 unspecified atom stereocenters. The first-order valence-electron chi connectivity index (χ1n) is 9.82. The number of carbonyl (C=O) groups excluding carboxylic acids is 2. The fourth-order valence-corrected chi connectivity index (χ4v) is 4.39. The summed E-state index contributed by atoms with van der Waals surface area (Å²) in [6, 6.07) is 10.9. The highest BCUT2D eigenvalue weighted by atomic mass is 35.5. The van der Waals surface area contributed by atoms with E-state index in [2.05, 4.69) is 0 Å². The number of hydrogen-bond donors (Lipinski definition) is 0. The minimum atomic E-state index is -0.350. The number of benzene rings is 2. The van der Waals surface area contributed by atoms with Gasteiger partial charge in [0, 0.05) is 43.2 Å². The number of likely N-dealkylation sites (tertiary alicyclic amines) is 2. The SMILES string of the molecule is O=C(C=Cc1ccc(Cl)c(Cl)c1)N1CC2(CCN(C(=O)c3ccc(F)cc3)CC2)C1. The molecule has 2 saturated heterocycles. The standard InChI is InChI=1S/C23H21Cl2FN2O2/c24-19-7-1-16(13-20(19)25)2-8-21(29)28-14-23(15-28)9-11-27(12-10-23)22(30)17-3-5-18(26)6-4-17/h1-8,13H,9-12,14-15H2. The van der Waals surface area contributed by atoms with Crippen LogP contribution in [0.3, 0.4) is 0 Å². The van der Waals surface area contributed by atoms with Crippen molar-refractivity contribution in [2.24, 2.45) is 5.41 Å². The van der Waals surface area contributed by atoms with Crippen LogP contribution in [0.5, 0.6) is 0 Å². The highest BCUT2D eigenvalue weighted by molar-refractivity contribution is 6.42. The summed E-state index contributed by atoms with van der Waals surface area (Å²) in [4.78, 5) is 28.7. The lowest BCUT2D eigenvalue weighted by atomic mass is 9.72. The second-order valence-corrected chi connectivity index (χ2v) is 8.81. The molecule has 2 aliphatic rings. The molecule has 0 saturated carbocycles. The third kappa shape index (κ3) is 4.37. The Kier molecular flexibility index (Phi) is 5.85. The maximum Gasteiger partial charge on any atom is 0.253 e. The molecule has 2 aromatic rings. The number of rotatable bonds is 3. The van der Waals surface area contributed by atoms with E-state index in [-0.39, 0.29) is 23.0 Å². The van der Waals surface area contributed by atoms with Crippen LogP contribution in [0.2, 0.25) is 10.0 Å². The highest BCUT2D eigenvalue weighted by Crippen LogP contribution is 2.40. The summed E-state index contributed by atoms with van der Waals surface area (Å²) in [6.45, 7) is 2.71. The quantitative estimate of drug-likeness (QED) is 0.628. The van der Waals surface area contributed by atoms with Crippen LogP contribution in [0.4, 0.5) is 4.39 Å². The van der Waals surface area contributed by atoms with E-state index in [4.69, 9.17) is 23.2 Å². The first kappa shape index (κ1) is 20.9. The summed E-state index contributed by atoms with van der Waals surface area (Å²) in [5.74, 6) is -0.449. The average Bonchev–Trinajstić information content (AvgIpc) is 2.73. The van der Waals surface area contributed by atoms with Crippen LogP contribution in [-0.4, -0.2) is 47.8 Å². The number of halogens is 3. The number of nitrogens with zero attached hydrogens (tertiary/aromatic N) is 2. The molecule has 2 amide bonds. The van der Waals surface area contributed by atoms with Crippen LogP contribution in [0.15, 0.2) is 48.5 Å². The number of hydrogen-bond acceptors (Lipinski definition) is 2. The maximum absolute atomic E-state index is 13.1. The Morgan fingerprint density at radius 2 is 1.60 bits per heavy atom. The Hall–Kier alpha value is -2.37. The lowest BCUT2D eigenvalue weighted by Crippen LogP contribution is -2.62. The van der Waals surface area contributed by atoms with Gasteiger partial charge in [-0.3, -0.25) is 9.59 Å². The second-order valence-electron chi connectivity index (χ2n) is 8.00. The molecule has 7 heteroatoms. The van der Waals surface area contributed by atoms with Crippen molar-refractivity contribution in [3.8, 4) is 0 Å². The lowest BCUT2D eigenvalue weighted by molar-refractivity contribution is -0.140. The van der Waals surface area contributed by atoms with Gasteiger partial charge in [-0.25, -0.2) is 4.39 Å². The first-order chi connectivity index (χ1) is 14.3. The highest BCUT2D eigenvalue weighted by Gasteiger charge is 2.46. The third-order valence-electron chi connectivity index (χ3n) is 5.93. The van der Waals surface area contributed by atoms with Gasteiger partial charge in [0.2, 0.25) is 5.91 Å². The molecule has 0 radical (unpaired) electrons. The van der Waals surface area contributed by atoms with Gasteiger partial charge >= 0.3 is 0 Å². The molecule has 2 aromatic carbocycles. The Balaban J connectivity index is 1.28. The van der Waals surface area contributed by atoms with E-state index in [0.29, 0.717) is 41.8 Å². The van der Waals surface area contributed by atoms with E-state index >= 15 is 0 Å². The zero-order valence-electron chi connectivity index (χ0n) is 16.3. The summed E-state index contributed by atoms with van der Waals surface area (Å²) in [5, 5.41) is 0.935. The van der Waals surface area contributed by atoms with Gasteiger partial charge in [-0.15, -0.1) is 0 Å². The van der Waals surface area contributed by atoms with E-state index < -0.39 is 0 Å². The molecular weight excluding hydrogens is 426 g/mol. The molecular formula is C23H21Cl2FN2O2. The van der Waals surface area contributed by atoms with Gasteiger partial charge in [0.05, 0.1) is 10.0 Å². The van der Waals surface area contributed by atoms with Crippen molar-refractivity contribution in [3.05, 3.63) is 75.5 Å². The fourth-order valence-electron chi connectivity index (χ4n) is 4.08. The first-order valence-corrected chi connectivity index (χ1v) is 10.6. The van der Waals surface area contributed by atoms with Crippen LogP contribution in [0.1, 0.15) is 28.8 Å². The van der Waals surface area contributed by atoms with Gasteiger partial charge in [-0.05, 0) is 60.9 Å². The molecule has 156 valence electrons. The summed E-state index contributed by atoms with van der Waals surface area (Å²) in [7, 11) is 0. The molecule has 2 heterocycles. The van der Waals surface area contributed by atoms with Crippen LogP contribution >= 0.6 is 23.2 Å². The third-order valence-corrected chi connectivity index (χ3v) is 6.67. The minimum absolute atomic E-state index is 0.0310. The number of amides is 2. The van der Waals surface area contributed by atoms with Crippen LogP contribution in [0.25, 0.3) is 6.08 Å². The molecule has 0 atom stereocenters. The van der Waals surface area contributed by atoms with E-state index in [1.807, 2.05) is 15.9 Å². The van der Waals surface area contributed by atoms with Gasteiger partial charge in [0.15, 0.2) is 0 Å². The second kappa shape index (κ2) is 8.40. The Bertz CT molecular complexity index is 991. The molecule has 30 heavy (non-hydrogen) atoms. The molecule has 1 spiro atoms. The molecule has 4 nitrogen and oxygen atoms in total. The summed E-state index contributed by atoms with van der Waals surface area (Å²) < 4.78 is 13.1. The Labute approximate surface area is 184 Å². The van der Waals surface area contributed by atoms with Crippen molar-refractivity contribution in [2.45, 2.75) is 12.8 Å².